The molecule has 0 aromatic rings. The van der Waals surface area contributed by atoms with E-state index in [1.54, 1.807) is 6.92 Å². The highest BCUT2D eigenvalue weighted by atomic mass is 16.3. The number of aliphatic hydroxyl groups excluding tert-OH is 1. The average molecular weight is 330 g/mol. The van der Waals surface area contributed by atoms with Crippen LogP contribution >= 0.6 is 0 Å². The third-order valence-corrected chi connectivity index (χ3v) is 8.56. The van der Waals surface area contributed by atoms with Crippen LogP contribution in [0.25, 0.3) is 0 Å². The second kappa shape index (κ2) is 5.27. The first kappa shape index (κ1) is 16.5. The van der Waals surface area contributed by atoms with Gasteiger partial charge in [-0.25, -0.2) is 0 Å². The molecule has 0 aliphatic heterocycles. The molecule has 0 saturated heterocycles. The Morgan fingerprint density at radius 3 is 2.62 bits per heavy atom. The van der Waals surface area contributed by atoms with Crippen LogP contribution in [0.1, 0.15) is 65.7 Å². The Bertz CT molecular complexity index is 621. The SMILES string of the molecule is CC(=O)[C@H]1CC[C@H]2[C@@H]3CCC4=CC(=O)C[C@@H](O)[C@@]4(C)[C@@H]3CC[C@]12C. The van der Waals surface area contributed by atoms with Crippen LogP contribution in [0.2, 0.25) is 0 Å². The van der Waals surface area contributed by atoms with Crippen LogP contribution in [0.5, 0.6) is 0 Å². The van der Waals surface area contributed by atoms with Crippen molar-refractivity contribution < 1.29 is 14.7 Å². The van der Waals surface area contributed by atoms with Gasteiger partial charge >= 0.3 is 0 Å². The fourth-order valence-corrected chi connectivity index (χ4v) is 7.28. The van der Waals surface area contributed by atoms with Crippen molar-refractivity contribution in [2.45, 2.75) is 71.8 Å². The van der Waals surface area contributed by atoms with E-state index in [2.05, 4.69) is 13.8 Å². The molecule has 3 nitrogen and oxygen atoms in total. The Balaban J connectivity index is 1.70. The molecule has 0 aromatic carbocycles. The number of carbonyl (C=O) groups is 2. The Morgan fingerprint density at radius 2 is 1.92 bits per heavy atom. The number of Topliss-reactive ketones (excluding diaryl/α,β-unsaturated/α-hetero) is 1. The van der Waals surface area contributed by atoms with Crippen molar-refractivity contribution in [3.05, 3.63) is 11.6 Å². The van der Waals surface area contributed by atoms with Gasteiger partial charge in [-0.15, -0.1) is 0 Å². The molecule has 24 heavy (non-hydrogen) atoms. The van der Waals surface area contributed by atoms with Gasteiger partial charge in [0.05, 0.1) is 6.10 Å². The summed E-state index contributed by atoms with van der Waals surface area (Å²) in [6.07, 6.45) is 8.02. The summed E-state index contributed by atoms with van der Waals surface area (Å²) in [6, 6.07) is 0. The third-order valence-electron chi connectivity index (χ3n) is 8.56. The first-order chi connectivity index (χ1) is 11.3. The Hall–Kier alpha value is -0.960. The van der Waals surface area contributed by atoms with E-state index in [4.69, 9.17) is 0 Å². The summed E-state index contributed by atoms with van der Waals surface area (Å²) < 4.78 is 0. The average Bonchev–Trinajstić information content (AvgIpc) is 2.86. The maximum atomic E-state index is 12.2. The summed E-state index contributed by atoms with van der Waals surface area (Å²) in [4.78, 5) is 24.1. The van der Waals surface area contributed by atoms with E-state index in [9.17, 15) is 14.7 Å². The van der Waals surface area contributed by atoms with Crippen LogP contribution < -0.4 is 0 Å². The van der Waals surface area contributed by atoms with E-state index in [-0.39, 0.29) is 29.0 Å². The standard InChI is InChI=1S/C21H30O3/c1-12(22)16-6-7-17-15-5-4-13-10-14(23)11-19(24)21(13,3)18(15)8-9-20(16,17)2/h10,15-19,24H,4-9,11H2,1-3H3/t15-,16+,17-,18+,19+,20+,21+/m0/s1. The topological polar surface area (TPSA) is 54.4 Å². The van der Waals surface area contributed by atoms with Crippen molar-refractivity contribution in [1.82, 2.24) is 0 Å². The minimum absolute atomic E-state index is 0.0894. The second-order valence-electron chi connectivity index (χ2n) is 9.34. The molecular weight excluding hydrogens is 300 g/mol. The summed E-state index contributed by atoms with van der Waals surface area (Å²) in [5.74, 6) is 2.35. The normalized spacial score (nSPS) is 50.6. The van der Waals surface area contributed by atoms with Crippen molar-refractivity contribution in [2.24, 2.45) is 34.5 Å². The number of fused-ring (bicyclic) bond motifs is 5. The van der Waals surface area contributed by atoms with Gasteiger partial charge in [-0.05, 0) is 74.7 Å². The van der Waals surface area contributed by atoms with Crippen molar-refractivity contribution in [2.75, 3.05) is 0 Å². The molecule has 0 amide bonds. The lowest BCUT2D eigenvalue weighted by Gasteiger charge is -2.59. The highest BCUT2D eigenvalue weighted by Crippen LogP contribution is 2.66. The van der Waals surface area contributed by atoms with Crippen LogP contribution in [0.15, 0.2) is 11.6 Å². The molecule has 0 aromatic heterocycles. The summed E-state index contributed by atoms with van der Waals surface area (Å²) in [5.41, 5.74) is 1.11. The minimum Gasteiger partial charge on any atom is -0.392 e. The highest BCUT2D eigenvalue weighted by molar-refractivity contribution is 5.92. The lowest BCUT2D eigenvalue weighted by molar-refractivity contribution is -0.134. The van der Waals surface area contributed by atoms with Gasteiger partial charge in [-0.3, -0.25) is 9.59 Å². The van der Waals surface area contributed by atoms with Crippen molar-refractivity contribution in [1.29, 1.82) is 0 Å². The predicted octanol–water partition coefficient (Wildman–Crippen LogP) is 3.69. The zero-order valence-electron chi connectivity index (χ0n) is 15.2. The van der Waals surface area contributed by atoms with Crippen LogP contribution in [-0.4, -0.2) is 22.8 Å². The van der Waals surface area contributed by atoms with Crippen molar-refractivity contribution in [3.63, 3.8) is 0 Å². The zero-order valence-corrected chi connectivity index (χ0v) is 15.2. The van der Waals surface area contributed by atoms with Gasteiger partial charge in [0.15, 0.2) is 5.78 Å². The van der Waals surface area contributed by atoms with Gasteiger partial charge in [0.1, 0.15) is 5.78 Å². The summed E-state index contributed by atoms with van der Waals surface area (Å²) >= 11 is 0. The van der Waals surface area contributed by atoms with E-state index < -0.39 is 6.10 Å². The molecule has 1 N–H and O–H groups in total. The monoisotopic (exact) mass is 330 g/mol. The molecule has 4 aliphatic rings. The van der Waals surface area contributed by atoms with Crippen LogP contribution in [0, 0.1) is 34.5 Å². The van der Waals surface area contributed by atoms with Gasteiger partial charge in [0, 0.05) is 17.8 Å². The molecule has 3 heteroatoms. The number of ketones is 2. The molecule has 0 heterocycles. The maximum absolute atomic E-state index is 12.2. The number of carbonyl (C=O) groups excluding carboxylic acids is 2. The molecule has 132 valence electrons. The fraction of sp³-hybridized carbons (Fsp3) is 0.810. The number of hydrogen-bond donors (Lipinski definition) is 1. The molecular formula is C21H30O3. The van der Waals surface area contributed by atoms with Crippen LogP contribution in [0.4, 0.5) is 0 Å². The first-order valence-electron chi connectivity index (χ1n) is 9.71. The Morgan fingerprint density at radius 1 is 1.17 bits per heavy atom. The largest absolute Gasteiger partial charge is 0.392 e. The minimum atomic E-state index is -0.535. The molecule has 0 spiro atoms. The molecule has 0 radical (unpaired) electrons. The first-order valence-corrected chi connectivity index (χ1v) is 9.71. The molecule has 0 unspecified atom stereocenters. The fourth-order valence-electron chi connectivity index (χ4n) is 7.28. The van der Waals surface area contributed by atoms with Gasteiger partial charge < -0.3 is 5.11 Å². The van der Waals surface area contributed by atoms with E-state index >= 15 is 0 Å². The summed E-state index contributed by atoms with van der Waals surface area (Å²) in [6.45, 7) is 6.32. The number of aliphatic hydroxyl groups is 1. The molecule has 7 atom stereocenters. The third kappa shape index (κ3) is 2.00. The van der Waals surface area contributed by atoms with Crippen molar-refractivity contribution >= 4 is 11.6 Å². The second-order valence-corrected chi connectivity index (χ2v) is 9.34. The van der Waals surface area contributed by atoms with Crippen LogP contribution in [-0.2, 0) is 9.59 Å². The van der Waals surface area contributed by atoms with Gasteiger partial charge in [-0.1, -0.05) is 19.4 Å². The maximum Gasteiger partial charge on any atom is 0.158 e. The van der Waals surface area contributed by atoms with Crippen LogP contribution in [0.3, 0.4) is 0 Å². The van der Waals surface area contributed by atoms with Gasteiger partial charge in [-0.2, -0.15) is 0 Å². The van der Waals surface area contributed by atoms with E-state index in [1.165, 1.54) is 5.57 Å². The molecule has 4 aliphatic carbocycles. The smallest absolute Gasteiger partial charge is 0.158 e. The Labute approximate surface area is 144 Å². The molecule has 3 saturated carbocycles. The number of rotatable bonds is 1. The predicted molar refractivity (Wildman–Crippen MR) is 92.3 cm³/mol. The Kier molecular flexibility index (Phi) is 3.62. The van der Waals surface area contributed by atoms with Gasteiger partial charge in [0.2, 0.25) is 0 Å². The summed E-state index contributed by atoms with van der Waals surface area (Å²) in [7, 11) is 0. The van der Waals surface area contributed by atoms with E-state index in [1.807, 2.05) is 6.08 Å². The lowest BCUT2D eigenvalue weighted by atomic mass is 9.46. The zero-order chi connectivity index (χ0) is 17.3. The molecule has 0 bridgehead atoms. The highest BCUT2D eigenvalue weighted by Gasteiger charge is 2.61. The number of hydrogen-bond acceptors (Lipinski definition) is 3. The quantitative estimate of drug-likeness (QED) is 0.797. The van der Waals surface area contributed by atoms with Gasteiger partial charge in [0.25, 0.3) is 0 Å². The molecule has 4 rings (SSSR count). The summed E-state index contributed by atoms with van der Waals surface area (Å²) in [5, 5.41) is 10.8. The van der Waals surface area contributed by atoms with Crippen molar-refractivity contribution in [3.8, 4) is 0 Å². The van der Waals surface area contributed by atoms with E-state index in [0.29, 0.717) is 23.5 Å². The van der Waals surface area contributed by atoms with E-state index in [0.717, 1.165) is 38.5 Å². The molecule has 3 fully saturated rings. The lowest BCUT2D eigenvalue weighted by Crippen LogP contribution is -2.55.